The number of anilines is 1. The number of ketones is 1. The molecule has 3 N–H and O–H groups in total. The van der Waals surface area contributed by atoms with Crippen LogP contribution in [0, 0.1) is 5.92 Å². The fourth-order valence-electron chi connectivity index (χ4n) is 3.17. The van der Waals surface area contributed by atoms with E-state index in [-0.39, 0.29) is 29.2 Å². The molecule has 0 radical (unpaired) electrons. The first kappa shape index (κ1) is 22.6. The standard InChI is InChI=1S/C22H26N4O4S/c1-14(2)19(27)16-10-17(12-18(11-16)26-31(4,28)29)20-24-25-21(30-20)22(3,23)13-15-8-6-5-7-9-15/h5-12,14,26H,13,23H2,1-4H3. The third-order valence-corrected chi connectivity index (χ3v) is 5.23. The van der Waals surface area contributed by atoms with Gasteiger partial charge in [-0.15, -0.1) is 10.2 Å². The predicted octanol–water partition coefficient (Wildman–Crippen LogP) is 3.36. The molecule has 0 spiro atoms. The minimum atomic E-state index is -3.54. The molecule has 1 aromatic heterocycles. The number of sulfonamides is 1. The van der Waals surface area contributed by atoms with Crippen molar-refractivity contribution in [3.63, 3.8) is 0 Å². The lowest BCUT2D eigenvalue weighted by Gasteiger charge is -2.20. The summed E-state index contributed by atoms with van der Waals surface area (Å²) in [7, 11) is -3.54. The Kier molecular flexibility index (Phi) is 6.28. The van der Waals surface area contributed by atoms with E-state index in [2.05, 4.69) is 14.9 Å². The van der Waals surface area contributed by atoms with Gasteiger partial charge in [0.15, 0.2) is 5.78 Å². The lowest BCUT2D eigenvalue weighted by atomic mass is 9.94. The highest BCUT2D eigenvalue weighted by Gasteiger charge is 2.29. The van der Waals surface area contributed by atoms with Crippen molar-refractivity contribution in [2.75, 3.05) is 11.0 Å². The number of carbonyl (C=O) groups excluding carboxylic acids is 1. The first-order valence-corrected chi connectivity index (χ1v) is 11.7. The zero-order valence-corrected chi connectivity index (χ0v) is 18.7. The number of carbonyl (C=O) groups is 1. The second-order valence-corrected chi connectivity index (χ2v) is 9.93. The fourth-order valence-corrected chi connectivity index (χ4v) is 3.71. The maximum Gasteiger partial charge on any atom is 0.247 e. The van der Waals surface area contributed by atoms with Crippen LogP contribution in [-0.2, 0) is 22.0 Å². The van der Waals surface area contributed by atoms with E-state index in [0.717, 1.165) is 11.8 Å². The van der Waals surface area contributed by atoms with E-state index in [4.69, 9.17) is 10.2 Å². The molecule has 1 atom stereocenters. The number of nitrogens with two attached hydrogens (primary N) is 1. The molecule has 1 heterocycles. The molecule has 164 valence electrons. The lowest BCUT2D eigenvalue weighted by Crippen LogP contribution is -2.35. The van der Waals surface area contributed by atoms with Crippen LogP contribution < -0.4 is 10.5 Å². The Morgan fingerprint density at radius 3 is 2.45 bits per heavy atom. The van der Waals surface area contributed by atoms with Gasteiger partial charge in [-0.2, -0.15) is 0 Å². The van der Waals surface area contributed by atoms with Gasteiger partial charge in [-0.05, 0) is 37.1 Å². The average molecular weight is 443 g/mol. The van der Waals surface area contributed by atoms with Gasteiger partial charge >= 0.3 is 0 Å². The molecule has 8 nitrogen and oxygen atoms in total. The third-order valence-electron chi connectivity index (χ3n) is 4.62. The number of Topliss-reactive ketones (excluding diaryl/α,β-unsaturated/α-hetero) is 1. The van der Waals surface area contributed by atoms with E-state index in [9.17, 15) is 13.2 Å². The summed E-state index contributed by atoms with van der Waals surface area (Å²) in [6.45, 7) is 5.34. The van der Waals surface area contributed by atoms with Crippen molar-refractivity contribution in [1.29, 1.82) is 0 Å². The highest BCUT2D eigenvalue weighted by atomic mass is 32.2. The monoisotopic (exact) mass is 442 g/mol. The molecule has 0 saturated heterocycles. The number of nitrogens with one attached hydrogen (secondary N) is 1. The SMILES string of the molecule is CC(C)C(=O)c1cc(NS(C)(=O)=O)cc(-c2nnc(C(C)(N)Cc3ccccc3)o2)c1. The topological polar surface area (TPSA) is 128 Å². The molecule has 0 aliphatic rings. The van der Waals surface area contributed by atoms with Gasteiger partial charge in [-0.25, -0.2) is 8.42 Å². The van der Waals surface area contributed by atoms with E-state index in [0.29, 0.717) is 17.5 Å². The smallest absolute Gasteiger partial charge is 0.247 e. The Bertz CT molecular complexity index is 1190. The van der Waals surface area contributed by atoms with Gasteiger partial charge in [-0.1, -0.05) is 44.2 Å². The quantitative estimate of drug-likeness (QED) is 0.512. The second kappa shape index (κ2) is 8.60. The van der Waals surface area contributed by atoms with Gasteiger partial charge < -0.3 is 10.2 Å². The number of aromatic nitrogens is 2. The highest BCUT2D eigenvalue weighted by Crippen LogP contribution is 2.29. The molecule has 0 aliphatic heterocycles. The zero-order chi connectivity index (χ0) is 22.8. The Hall–Kier alpha value is -3.04. The summed E-state index contributed by atoms with van der Waals surface area (Å²) in [5, 5.41) is 8.20. The summed E-state index contributed by atoms with van der Waals surface area (Å²) in [6, 6.07) is 14.4. The molecule has 0 amide bonds. The van der Waals surface area contributed by atoms with Crippen molar-refractivity contribution in [2.45, 2.75) is 32.7 Å². The predicted molar refractivity (Wildman–Crippen MR) is 119 cm³/mol. The fraction of sp³-hybridized carbons (Fsp3) is 0.318. The Balaban J connectivity index is 1.98. The van der Waals surface area contributed by atoms with Crippen molar-refractivity contribution in [3.05, 3.63) is 65.5 Å². The van der Waals surface area contributed by atoms with Crippen LogP contribution in [0.4, 0.5) is 5.69 Å². The second-order valence-electron chi connectivity index (χ2n) is 8.18. The van der Waals surface area contributed by atoms with Gasteiger partial charge in [0.25, 0.3) is 0 Å². The van der Waals surface area contributed by atoms with Gasteiger partial charge in [-0.3, -0.25) is 9.52 Å². The van der Waals surface area contributed by atoms with Gasteiger partial charge in [0.1, 0.15) is 0 Å². The van der Waals surface area contributed by atoms with E-state index >= 15 is 0 Å². The minimum Gasteiger partial charge on any atom is -0.419 e. The third kappa shape index (κ3) is 5.77. The summed E-state index contributed by atoms with van der Waals surface area (Å²) in [6.07, 6.45) is 1.53. The largest absolute Gasteiger partial charge is 0.419 e. The molecular formula is C22H26N4O4S. The van der Waals surface area contributed by atoms with Crippen molar-refractivity contribution in [2.24, 2.45) is 11.7 Å². The molecule has 0 aliphatic carbocycles. The molecule has 2 aromatic carbocycles. The van der Waals surface area contributed by atoms with Crippen molar-refractivity contribution in [3.8, 4) is 11.5 Å². The average Bonchev–Trinajstić information content (AvgIpc) is 3.17. The van der Waals surface area contributed by atoms with Crippen molar-refractivity contribution < 1.29 is 17.6 Å². The maximum absolute atomic E-state index is 12.5. The first-order valence-electron chi connectivity index (χ1n) is 9.79. The van der Waals surface area contributed by atoms with Crippen molar-refractivity contribution in [1.82, 2.24) is 10.2 Å². The molecule has 0 bridgehead atoms. The van der Waals surface area contributed by atoms with E-state index in [1.807, 2.05) is 30.3 Å². The summed E-state index contributed by atoms with van der Waals surface area (Å²) < 4.78 is 31.7. The molecule has 31 heavy (non-hydrogen) atoms. The Morgan fingerprint density at radius 2 is 1.84 bits per heavy atom. The van der Waals surface area contributed by atoms with Gasteiger partial charge in [0.2, 0.25) is 21.8 Å². The van der Waals surface area contributed by atoms with Crippen LogP contribution in [0.25, 0.3) is 11.5 Å². The number of nitrogens with zero attached hydrogens (tertiary/aromatic N) is 2. The number of benzene rings is 2. The summed E-state index contributed by atoms with van der Waals surface area (Å²) in [5.74, 6) is -0.0112. The van der Waals surface area contributed by atoms with Crippen LogP contribution in [0.15, 0.2) is 52.9 Å². The van der Waals surface area contributed by atoms with Crippen molar-refractivity contribution >= 4 is 21.5 Å². The molecule has 0 saturated carbocycles. The lowest BCUT2D eigenvalue weighted by molar-refractivity contribution is 0.0939. The molecule has 9 heteroatoms. The minimum absolute atomic E-state index is 0.133. The van der Waals surface area contributed by atoms with Crippen LogP contribution in [-0.4, -0.2) is 30.7 Å². The van der Waals surface area contributed by atoms with Crippen LogP contribution >= 0.6 is 0 Å². The molecule has 1 unspecified atom stereocenters. The summed E-state index contributed by atoms with van der Waals surface area (Å²) >= 11 is 0. The molecule has 0 fully saturated rings. The van der Waals surface area contributed by atoms with E-state index in [1.54, 1.807) is 32.9 Å². The highest BCUT2D eigenvalue weighted by molar-refractivity contribution is 7.92. The van der Waals surface area contributed by atoms with Crippen LogP contribution in [0.1, 0.15) is 42.6 Å². The van der Waals surface area contributed by atoms with Crippen LogP contribution in [0.3, 0.4) is 0 Å². The van der Waals surface area contributed by atoms with E-state index in [1.165, 1.54) is 6.07 Å². The maximum atomic E-state index is 12.5. The molecule has 3 aromatic rings. The zero-order valence-electron chi connectivity index (χ0n) is 17.9. The first-order chi connectivity index (χ1) is 14.4. The summed E-state index contributed by atoms with van der Waals surface area (Å²) in [4.78, 5) is 12.5. The van der Waals surface area contributed by atoms with Gasteiger partial charge in [0, 0.05) is 22.7 Å². The molecular weight excluding hydrogens is 416 g/mol. The van der Waals surface area contributed by atoms with Crippen LogP contribution in [0.2, 0.25) is 0 Å². The van der Waals surface area contributed by atoms with E-state index < -0.39 is 15.6 Å². The Labute approximate surface area is 181 Å². The number of hydrogen-bond acceptors (Lipinski definition) is 7. The van der Waals surface area contributed by atoms with Gasteiger partial charge in [0.05, 0.1) is 11.8 Å². The normalized spacial score (nSPS) is 13.7. The Morgan fingerprint density at radius 1 is 1.16 bits per heavy atom. The number of rotatable bonds is 8. The molecule has 3 rings (SSSR count). The number of hydrogen-bond donors (Lipinski definition) is 2. The summed E-state index contributed by atoms with van der Waals surface area (Å²) in [5.41, 5.74) is 7.57. The van der Waals surface area contributed by atoms with Crippen LogP contribution in [0.5, 0.6) is 0 Å².